The minimum atomic E-state index is -0.186. The molecule has 1 amide bonds. The number of unbranched alkanes of at least 4 members (excludes halogenated alkanes) is 2. The SMILES string of the molecule is CCCCCOc1ccc(C(=O)NCc2nc(-c3ccc4c(c3)OCO4)c(-c3cccc(C)n3)[nH]2)cc1. The van der Waals surface area contributed by atoms with Crippen LogP contribution >= 0.6 is 0 Å². The molecule has 1 aliphatic rings. The van der Waals surface area contributed by atoms with Gasteiger partial charge in [0.2, 0.25) is 6.79 Å². The first kappa shape index (κ1) is 24.4. The van der Waals surface area contributed by atoms with Gasteiger partial charge in [0.1, 0.15) is 11.6 Å². The molecule has 1 aliphatic heterocycles. The van der Waals surface area contributed by atoms with E-state index in [2.05, 4.69) is 22.2 Å². The molecule has 37 heavy (non-hydrogen) atoms. The molecule has 0 spiro atoms. The van der Waals surface area contributed by atoms with Crippen molar-refractivity contribution in [2.24, 2.45) is 0 Å². The molecule has 0 fully saturated rings. The number of carbonyl (C=O) groups is 1. The lowest BCUT2D eigenvalue weighted by atomic mass is 10.1. The molecule has 0 saturated carbocycles. The van der Waals surface area contributed by atoms with Crippen LogP contribution in [0.3, 0.4) is 0 Å². The molecule has 4 aromatic rings. The van der Waals surface area contributed by atoms with Crippen molar-refractivity contribution in [3.05, 3.63) is 77.7 Å². The zero-order chi connectivity index (χ0) is 25.6. The second kappa shape index (κ2) is 11.2. The highest BCUT2D eigenvalue weighted by Crippen LogP contribution is 2.38. The molecule has 0 radical (unpaired) electrons. The first-order chi connectivity index (χ1) is 18.1. The Hall–Kier alpha value is -4.33. The summed E-state index contributed by atoms with van der Waals surface area (Å²) in [6, 6.07) is 18.8. The molecule has 5 rings (SSSR count). The smallest absolute Gasteiger partial charge is 0.251 e. The number of aromatic amines is 1. The second-order valence-corrected chi connectivity index (χ2v) is 8.90. The van der Waals surface area contributed by atoms with Crippen LogP contribution in [-0.4, -0.2) is 34.3 Å². The highest BCUT2D eigenvalue weighted by molar-refractivity contribution is 5.94. The molecule has 2 aromatic heterocycles. The number of nitrogens with zero attached hydrogens (tertiary/aromatic N) is 2. The third kappa shape index (κ3) is 5.74. The molecule has 0 saturated heterocycles. The quantitative estimate of drug-likeness (QED) is 0.273. The molecular weight excluding hydrogens is 468 g/mol. The van der Waals surface area contributed by atoms with Crippen molar-refractivity contribution in [2.75, 3.05) is 13.4 Å². The second-order valence-electron chi connectivity index (χ2n) is 8.90. The number of nitrogens with one attached hydrogen (secondary N) is 2. The maximum absolute atomic E-state index is 12.8. The summed E-state index contributed by atoms with van der Waals surface area (Å²) in [5.74, 6) is 2.59. The van der Waals surface area contributed by atoms with Crippen molar-refractivity contribution in [3.63, 3.8) is 0 Å². The molecule has 0 unspecified atom stereocenters. The standard InChI is InChI=1S/C29H30N4O4/c1-3-4-5-15-35-22-12-9-20(10-13-22)29(34)30-17-26-32-27(21-11-14-24-25(16-21)37-18-36-24)28(33-26)23-8-6-7-19(2)31-23/h6-14,16H,3-5,15,17-18H2,1-2H3,(H,30,34)(H,32,33). The Morgan fingerprint density at radius 3 is 2.68 bits per heavy atom. The van der Waals surface area contributed by atoms with Gasteiger partial charge in [-0.15, -0.1) is 0 Å². The van der Waals surface area contributed by atoms with Crippen LogP contribution in [0.15, 0.2) is 60.7 Å². The highest BCUT2D eigenvalue weighted by Gasteiger charge is 2.20. The zero-order valence-corrected chi connectivity index (χ0v) is 21.0. The van der Waals surface area contributed by atoms with E-state index in [-0.39, 0.29) is 19.2 Å². The molecule has 2 aromatic carbocycles. The topological polar surface area (TPSA) is 98.4 Å². The Morgan fingerprint density at radius 2 is 1.86 bits per heavy atom. The van der Waals surface area contributed by atoms with Gasteiger partial charge in [-0.3, -0.25) is 9.78 Å². The van der Waals surface area contributed by atoms with Gasteiger partial charge in [-0.25, -0.2) is 4.98 Å². The minimum Gasteiger partial charge on any atom is -0.494 e. The van der Waals surface area contributed by atoms with Gasteiger partial charge in [-0.1, -0.05) is 25.8 Å². The van der Waals surface area contributed by atoms with Crippen molar-refractivity contribution in [1.29, 1.82) is 0 Å². The zero-order valence-electron chi connectivity index (χ0n) is 21.0. The molecule has 3 heterocycles. The van der Waals surface area contributed by atoms with Crippen LogP contribution in [-0.2, 0) is 6.54 Å². The van der Waals surface area contributed by atoms with Gasteiger partial charge >= 0.3 is 0 Å². The van der Waals surface area contributed by atoms with Crippen LogP contribution in [0.5, 0.6) is 17.2 Å². The van der Waals surface area contributed by atoms with Gasteiger partial charge in [0.15, 0.2) is 11.5 Å². The van der Waals surface area contributed by atoms with Crippen molar-refractivity contribution in [2.45, 2.75) is 39.7 Å². The van der Waals surface area contributed by atoms with Gasteiger partial charge in [-0.2, -0.15) is 0 Å². The largest absolute Gasteiger partial charge is 0.494 e. The fraction of sp³-hybridized carbons (Fsp3) is 0.276. The molecule has 2 N–H and O–H groups in total. The number of rotatable bonds is 10. The van der Waals surface area contributed by atoms with E-state index >= 15 is 0 Å². The summed E-state index contributed by atoms with van der Waals surface area (Å²) in [4.78, 5) is 25.6. The van der Waals surface area contributed by atoms with E-state index in [9.17, 15) is 4.79 Å². The highest BCUT2D eigenvalue weighted by atomic mass is 16.7. The van der Waals surface area contributed by atoms with Gasteiger partial charge in [0.25, 0.3) is 5.91 Å². The lowest BCUT2D eigenvalue weighted by Crippen LogP contribution is -2.23. The number of aryl methyl sites for hydroxylation is 1. The van der Waals surface area contributed by atoms with Gasteiger partial charge in [0, 0.05) is 16.8 Å². The lowest BCUT2D eigenvalue weighted by molar-refractivity contribution is 0.0950. The van der Waals surface area contributed by atoms with Crippen LogP contribution in [0.25, 0.3) is 22.6 Å². The van der Waals surface area contributed by atoms with E-state index < -0.39 is 0 Å². The Bertz CT molecular complexity index is 1380. The summed E-state index contributed by atoms with van der Waals surface area (Å²) in [6.45, 7) is 5.23. The van der Waals surface area contributed by atoms with E-state index in [1.54, 1.807) is 12.1 Å². The van der Waals surface area contributed by atoms with Crippen LogP contribution in [0.2, 0.25) is 0 Å². The fourth-order valence-electron chi connectivity index (χ4n) is 4.14. The summed E-state index contributed by atoms with van der Waals surface area (Å²) in [7, 11) is 0. The number of aromatic nitrogens is 3. The molecular formula is C29H30N4O4. The van der Waals surface area contributed by atoms with E-state index in [1.807, 2.05) is 55.5 Å². The molecule has 8 heteroatoms. The van der Waals surface area contributed by atoms with E-state index in [1.165, 1.54) is 0 Å². The van der Waals surface area contributed by atoms with Gasteiger partial charge < -0.3 is 24.5 Å². The predicted octanol–water partition coefficient (Wildman–Crippen LogP) is 5.67. The number of carbonyl (C=O) groups excluding carboxylic acids is 1. The number of fused-ring (bicyclic) bond motifs is 1. The molecule has 0 bridgehead atoms. The van der Waals surface area contributed by atoms with Gasteiger partial charge in [0.05, 0.1) is 30.2 Å². The Labute approximate surface area is 216 Å². The van der Waals surface area contributed by atoms with Crippen molar-refractivity contribution in [3.8, 4) is 39.9 Å². The third-order valence-electron chi connectivity index (χ3n) is 6.09. The average Bonchev–Trinajstić information content (AvgIpc) is 3.57. The molecule has 190 valence electrons. The van der Waals surface area contributed by atoms with Crippen LogP contribution < -0.4 is 19.5 Å². The normalized spacial score (nSPS) is 11.9. The Morgan fingerprint density at radius 1 is 1.03 bits per heavy atom. The monoisotopic (exact) mass is 498 g/mol. The summed E-state index contributed by atoms with van der Waals surface area (Å²) in [5, 5.41) is 2.95. The number of hydrogen-bond donors (Lipinski definition) is 2. The van der Waals surface area contributed by atoms with Crippen molar-refractivity contribution in [1.82, 2.24) is 20.3 Å². The van der Waals surface area contributed by atoms with E-state index in [0.29, 0.717) is 29.5 Å². The number of hydrogen-bond acceptors (Lipinski definition) is 6. The molecule has 0 aliphatic carbocycles. The first-order valence-electron chi connectivity index (χ1n) is 12.5. The van der Waals surface area contributed by atoms with Crippen LogP contribution in [0.4, 0.5) is 0 Å². The number of imidazole rings is 1. The molecule has 0 atom stereocenters. The van der Waals surface area contributed by atoms with E-state index in [0.717, 1.165) is 53.4 Å². The van der Waals surface area contributed by atoms with Gasteiger partial charge in [-0.05, 0) is 67.9 Å². The van der Waals surface area contributed by atoms with Crippen LogP contribution in [0.1, 0.15) is 48.1 Å². The Kier molecular flexibility index (Phi) is 7.35. The molecule has 8 nitrogen and oxygen atoms in total. The minimum absolute atomic E-state index is 0.186. The van der Waals surface area contributed by atoms with Crippen LogP contribution in [0, 0.1) is 6.92 Å². The third-order valence-corrected chi connectivity index (χ3v) is 6.09. The Balaban J connectivity index is 1.32. The number of H-pyrrole nitrogens is 1. The predicted molar refractivity (Wildman–Crippen MR) is 141 cm³/mol. The summed E-state index contributed by atoms with van der Waals surface area (Å²) >= 11 is 0. The number of ether oxygens (including phenoxy) is 3. The summed E-state index contributed by atoms with van der Waals surface area (Å²) in [6.07, 6.45) is 3.32. The number of amides is 1. The van der Waals surface area contributed by atoms with E-state index in [4.69, 9.17) is 19.2 Å². The lowest BCUT2D eigenvalue weighted by Gasteiger charge is -2.07. The fourth-order valence-corrected chi connectivity index (χ4v) is 4.14. The van der Waals surface area contributed by atoms with Crippen molar-refractivity contribution < 1.29 is 19.0 Å². The first-order valence-corrected chi connectivity index (χ1v) is 12.5. The average molecular weight is 499 g/mol. The van der Waals surface area contributed by atoms with Crippen molar-refractivity contribution >= 4 is 5.91 Å². The maximum atomic E-state index is 12.8. The summed E-state index contributed by atoms with van der Waals surface area (Å²) in [5.41, 5.74) is 4.60. The maximum Gasteiger partial charge on any atom is 0.251 e. The number of benzene rings is 2. The number of pyridine rings is 1. The summed E-state index contributed by atoms with van der Waals surface area (Å²) < 4.78 is 16.7.